The van der Waals surface area contributed by atoms with Crippen LogP contribution in [0.3, 0.4) is 0 Å². The van der Waals surface area contributed by atoms with Gasteiger partial charge in [-0.05, 0) is 111 Å². The molecule has 2 atom stereocenters. The number of hydrogen-bond donors (Lipinski definition) is 3. The van der Waals surface area contributed by atoms with Crippen molar-refractivity contribution in [3.63, 3.8) is 0 Å². The van der Waals surface area contributed by atoms with Gasteiger partial charge in [0.25, 0.3) is 0 Å². The van der Waals surface area contributed by atoms with Crippen LogP contribution < -0.4 is 10.6 Å². The molecule has 0 radical (unpaired) electrons. The zero-order valence-electron chi connectivity index (χ0n) is 39.2. The van der Waals surface area contributed by atoms with Crippen LogP contribution in [-0.4, -0.2) is 89.7 Å². The van der Waals surface area contributed by atoms with Crippen molar-refractivity contribution >= 4 is 81.8 Å². The lowest BCUT2D eigenvalue weighted by molar-refractivity contribution is -0.139. The highest BCUT2D eigenvalue weighted by molar-refractivity contribution is 6.42. The molecule has 4 aliphatic heterocycles. The number of likely N-dealkylation sites (tertiary alicyclic amines) is 2. The molecule has 19 heteroatoms. The number of fused-ring (bicyclic) bond motifs is 4. The van der Waals surface area contributed by atoms with E-state index >= 15 is 0 Å². The van der Waals surface area contributed by atoms with Gasteiger partial charge in [0.15, 0.2) is 0 Å². The van der Waals surface area contributed by atoms with Crippen LogP contribution >= 0.6 is 46.4 Å². The van der Waals surface area contributed by atoms with Gasteiger partial charge in [-0.25, -0.2) is 22.8 Å². The molecule has 9 rings (SSSR count). The number of hydrogen-bond acceptors (Lipinski definition) is 8. The fraction of sp³-hybridized carbons (Fsp3) is 0.358. The van der Waals surface area contributed by atoms with Crippen molar-refractivity contribution < 1.29 is 46.9 Å². The Morgan fingerprint density at radius 3 is 1.56 bits per heavy atom. The van der Waals surface area contributed by atoms with Crippen molar-refractivity contribution in [3.8, 4) is 0 Å². The molecule has 12 nitrogen and oxygen atoms in total. The molecule has 72 heavy (non-hydrogen) atoms. The lowest BCUT2D eigenvalue weighted by Crippen LogP contribution is -2.48. The van der Waals surface area contributed by atoms with Crippen LogP contribution in [0.2, 0.25) is 20.1 Å². The quantitative estimate of drug-likeness (QED) is 0.105. The molecule has 0 saturated carbocycles. The molecule has 5 aromatic rings. The number of likely N-dealkylation sites (N-methyl/N-ethyl adjacent to an activating group) is 1. The summed E-state index contributed by atoms with van der Waals surface area (Å²) in [5.74, 6) is -3.42. The number of carboxylic acids is 1. The minimum Gasteiger partial charge on any atom is -0.481 e. The number of rotatable bonds is 13. The van der Waals surface area contributed by atoms with Gasteiger partial charge in [0, 0.05) is 81.6 Å². The summed E-state index contributed by atoms with van der Waals surface area (Å²) in [7, 11) is 0. The summed E-state index contributed by atoms with van der Waals surface area (Å²) in [6.45, 7) is 5.95. The number of benzene rings is 5. The summed E-state index contributed by atoms with van der Waals surface area (Å²) in [6, 6.07) is 25.1. The predicted molar refractivity (Wildman–Crippen MR) is 270 cm³/mol. The normalized spacial score (nSPS) is 17.7. The van der Waals surface area contributed by atoms with Crippen molar-refractivity contribution in [3.05, 3.63) is 162 Å². The first-order chi connectivity index (χ1) is 34.5. The largest absolute Gasteiger partial charge is 0.481 e. The van der Waals surface area contributed by atoms with Gasteiger partial charge in [0.05, 0.1) is 43.3 Å². The Labute approximate surface area is 435 Å². The van der Waals surface area contributed by atoms with Crippen LogP contribution in [-0.2, 0) is 36.8 Å². The van der Waals surface area contributed by atoms with Gasteiger partial charge in [-0.1, -0.05) is 76.7 Å². The Bertz CT molecular complexity index is 2850. The van der Waals surface area contributed by atoms with Gasteiger partial charge in [-0.3, -0.25) is 20.2 Å². The number of anilines is 2. The van der Waals surface area contributed by atoms with Gasteiger partial charge in [0.2, 0.25) is 5.91 Å². The Morgan fingerprint density at radius 2 is 1.11 bits per heavy atom. The van der Waals surface area contributed by atoms with Crippen molar-refractivity contribution in [1.82, 2.24) is 14.7 Å². The van der Waals surface area contributed by atoms with Crippen molar-refractivity contribution in [2.75, 3.05) is 56.4 Å². The van der Waals surface area contributed by atoms with Crippen LogP contribution in [0.5, 0.6) is 0 Å². The molecule has 0 bridgehead atoms. The van der Waals surface area contributed by atoms with Crippen molar-refractivity contribution in [2.45, 2.75) is 75.0 Å². The maximum Gasteiger partial charge on any atom is 0.412 e. The Morgan fingerprint density at radius 1 is 0.653 bits per heavy atom. The summed E-state index contributed by atoms with van der Waals surface area (Å²) in [5.41, 5.74) is 2.45. The minimum atomic E-state index is -0.927. The van der Waals surface area contributed by atoms with E-state index in [-0.39, 0.29) is 29.9 Å². The fourth-order valence-electron chi connectivity index (χ4n) is 10.1. The molecule has 2 fully saturated rings. The first kappa shape index (κ1) is 52.8. The summed E-state index contributed by atoms with van der Waals surface area (Å²) in [5, 5.41) is 16.4. The lowest BCUT2D eigenvalue weighted by atomic mass is 9.82. The topological polar surface area (TPSA) is 141 Å². The molecule has 380 valence electrons. The molecule has 0 aliphatic carbocycles. The Hall–Kier alpha value is -5.55. The smallest absolute Gasteiger partial charge is 0.412 e. The highest BCUT2D eigenvalue weighted by atomic mass is 35.5. The fourth-order valence-corrected chi connectivity index (χ4v) is 10.7. The molecule has 3 amide bonds. The standard InChI is InChI=1S/C31H31Cl2F2N3O3.C22H21Cl2FN2O4/c1-2-38(19-21-5-3-4-6-27(21)35)29(39)23(20-7-9-25(32)26(33)17-20)11-14-37-15-12-31(13-16-37)24-18-22(34)8-10-28(24)36-30(40)41-31;23-17-3-1-13(11-18(17)24)15(20(28)29)5-8-27-9-6-22(7-10-27)16-12-14(25)2-4-19(16)26-21(30)31-22/h3-10,17-18,23H,2,11-16,19H2,1H3,(H,36,40);1-4,11-12,15H,5-10H2,(H,26,30)(H,28,29). The van der Waals surface area contributed by atoms with Crippen LogP contribution in [0.15, 0.2) is 97.1 Å². The van der Waals surface area contributed by atoms with E-state index in [4.69, 9.17) is 55.9 Å². The second-order valence-corrected chi connectivity index (χ2v) is 20.0. The summed E-state index contributed by atoms with van der Waals surface area (Å²) in [4.78, 5) is 56.1. The minimum absolute atomic E-state index is 0.126. The molecule has 3 N–H and O–H groups in total. The van der Waals surface area contributed by atoms with Gasteiger partial charge >= 0.3 is 18.2 Å². The number of carbonyl (C=O) groups is 4. The number of nitrogens with one attached hydrogen (secondary N) is 2. The highest BCUT2D eigenvalue weighted by Gasteiger charge is 2.46. The van der Waals surface area contributed by atoms with E-state index < -0.39 is 41.2 Å². The molecule has 4 aliphatic rings. The zero-order valence-corrected chi connectivity index (χ0v) is 42.2. The summed E-state index contributed by atoms with van der Waals surface area (Å²) in [6.07, 6.45) is 1.79. The van der Waals surface area contributed by atoms with E-state index in [0.29, 0.717) is 138 Å². The van der Waals surface area contributed by atoms with E-state index in [0.717, 1.165) is 5.56 Å². The van der Waals surface area contributed by atoms with Crippen LogP contribution in [0.4, 0.5) is 34.1 Å². The number of aliphatic carboxylic acids is 1. The molecule has 5 aromatic carbocycles. The first-order valence-electron chi connectivity index (χ1n) is 23.7. The van der Waals surface area contributed by atoms with E-state index in [1.807, 2.05) is 6.92 Å². The van der Waals surface area contributed by atoms with Crippen molar-refractivity contribution in [2.24, 2.45) is 0 Å². The molecule has 0 aromatic heterocycles. The van der Waals surface area contributed by atoms with Crippen LogP contribution in [0.1, 0.15) is 85.1 Å². The number of carboxylic acid groups (broad SMARTS) is 1. The molecule has 2 spiro atoms. The number of halogens is 7. The molecular weight excluding hydrogens is 1020 g/mol. The van der Waals surface area contributed by atoms with Gasteiger partial charge in [-0.2, -0.15) is 0 Å². The predicted octanol–water partition coefficient (Wildman–Crippen LogP) is 12.6. The number of piperidine rings is 2. The van der Waals surface area contributed by atoms with Crippen LogP contribution in [0.25, 0.3) is 0 Å². The van der Waals surface area contributed by atoms with Gasteiger partial charge < -0.3 is 29.3 Å². The summed E-state index contributed by atoms with van der Waals surface area (Å²) >= 11 is 24.5. The van der Waals surface area contributed by atoms with Gasteiger partial charge in [-0.15, -0.1) is 0 Å². The third-order valence-electron chi connectivity index (χ3n) is 14.1. The number of amides is 3. The lowest BCUT2D eigenvalue weighted by Gasteiger charge is -2.44. The third-order valence-corrected chi connectivity index (χ3v) is 15.6. The number of carbonyl (C=O) groups excluding carboxylic acids is 3. The second-order valence-electron chi connectivity index (χ2n) is 18.4. The number of ether oxygens (including phenoxy) is 2. The van der Waals surface area contributed by atoms with Crippen LogP contribution in [0, 0.1) is 17.5 Å². The molecule has 2 saturated heterocycles. The Kier molecular flexibility index (Phi) is 16.6. The summed E-state index contributed by atoms with van der Waals surface area (Å²) < 4.78 is 53.8. The average Bonchev–Trinajstić information content (AvgIpc) is 3.35. The van der Waals surface area contributed by atoms with E-state index in [2.05, 4.69) is 20.4 Å². The highest BCUT2D eigenvalue weighted by Crippen LogP contribution is 2.46. The number of nitrogens with zero attached hydrogens (tertiary/aromatic N) is 3. The third kappa shape index (κ3) is 11.9. The second kappa shape index (κ2) is 22.7. The van der Waals surface area contributed by atoms with E-state index in [9.17, 15) is 37.5 Å². The van der Waals surface area contributed by atoms with E-state index in [1.54, 1.807) is 71.6 Å². The molecule has 2 unspecified atom stereocenters. The molecular formula is C53H52Cl4F3N5O7. The molecule has 4 heterocycles. The van der Waals surface area contributed by atoms with Gasteiger partial charge in [0.1, 0.15) is 28.7 Å². The first-order valence-corrected chi connectivity index (χ1v) is 25.2. The maximum absolute atomic E-state index is 14.4. The van der Waals surface area contributed by atoms with E-state index in [1.165, 1.54) is 30.3 Å². The maximum atomic E-state index is 14.4. The van der Waals surface area contributed by atoms with Crippen molar-refractivity contribution in [1.29, 1.82) is 0 Å². The average molecular weight is 1070 g/mol. The Balaban J connectivity index is 0.000000200. The zero-order chi connectivity index (χ0) is 51.3. The SMILES string of the molecule is CCN(Cc1ccccc1F)C(=O)C(CCN1CCC2(CC1)OC(=O)Nc1ccc(F)cc12)c1ccc(Cl)c(Cl)c1.O=C1Nc2ccc(F)cc2C2(CCN(CCC(C(=O)O)c3ccc(Cl)c(Cl)c3)CC2)O1. The monoisotopic (exact) mass is 1070 g/mol.